The zero-order chi connectivity index (χ0) is 23.6. The molecule has 172 valence electrons. The van der Waals surface area contributed by atoms with Crippen molar-refractivity contribution in [1.29, 1.82) is 0 Å². The van der Waals surface area contributed by atoms with Gasteiger partial charge >= 0.3 is 18.0 Å². The molecule has 0 saturated carbocycles. The van der Waals surface area contributed by atoms with Crippen LogP contribution in [0.1, 0.15) is 62.3 Å². The maximum absolute atomic E-state index is 11.3. The Morgan fingerprint density at radius 1 is 0.931 bits per heavy atom. The number of alkyl carbamates (subject to hydrolysis) is 1. The van der Waals surface area contributed by atoms with Crippen LogP contribution in [0.4, 0.5) is 4.79 Å². The van der Waals surface area contributed by atoms with Crippen molar-refractivity contribution in [3.05, 3.63) is 0 Å². The first kappa shape index (κ1) is 30.1. The van der Waals surface area contributed by atoms with Gasteiger partial charge in [0.2, 0.25) is 0 Å². The molecule has 0 aromatic heterocycles. The molecule has 0 bridgehead atoms. The van der Waals surface area contributed by atoms with E-state index < -0.39 is 39.6 Å². The fourth-order valence-electron chi connectivity index (χ4n) is 2.48. The molecule has 0 aliphatic carbocycles. The average molecular weight is 455 g/mol. The summed E-state index contributed by atoms with van der Waals surface area (Å²) < 4.78 is 3.69. The van der Waals surface area contributed by atoms with Crippen molar-refractivity contribution in [2.45, 2.75) is 94.4 Å². The standard InChI is InChI=1S/C11H21NO4S.C8H17NO2S/c1-6-16-10(15)12-8(9(13)14)11(4,5)17-7(2)3;1-5(2)12-8(3,4)6(9)7(10)11/h7-8H,6H2,1-5H3,(H,12,15)(H,13,14);5-6H,9H2,1-4H3,(H,10,11). The molecule has 0 aromatic rings. The summed E-state index contributed by atoms with van der Waals surface area (Å²) in [5, 5.41) is 20.9. The largest absolute Gasteiger partial charge is 0.480 e. The van der Waals surface area contributed by atoms with Crippen molar-refractivity contribution in [2.24, 2.45) is 5.73 Å². The van der Waals surface area contributed by atoms with E-state index in [-0.39, 0.29) is 11.9 Å². The second-order valence-electron chi connectivity index (χ2n) is 7.99. The number of carbonyl (C=O) groups is 3. The van der Waals surface area contributed by atoms with Crippen molar-refractivity contribution in [2.75, 3.05) is 6.61 Å². The Labute approximate surface area is 183 Å². The van der Waals surface area contributed by atoms with Gasteiger partial charge in [0, 0.05) is 9.49 Å². The number of amides is 1. The first-order valence-electron chi connectivity index (χ1n) is 9.48. The van der Waals surface area contributed by atoms with Crippen LogP contribution >= 0.6 is 23.5 Å². The minimum atomic E-state index is -1.06. The molecular formula is C19H38N2O6S2. The fraction of sp³-hybridized carbons (Fsp3) is 0.842. The van der Waals surface area contributed by atoms with E-state index in [1.165, 1.54) is 11.8 Å². The maximum Gasteiger partial charge on any atom is 0.407 e. The molecule has 1 amide bonds. The van der Waals surface area contributed by atoms with E-state index in [2.05, 4.69) is 5.32 Å². The van der Waals surface area contributed by atoms with E-state index in [1.54, 1.807) is 32.5 Å². The molecule has 0 aliphatic heterocycles. The first-order chi connectivity index (χ1) is 13.0. The summed E-state index contributed by atoms with van der Waals surface area (Å²) >= 11 is 3.09. The number of rotatable bonds is 10. The Kier molecular flexibility index (Phi) is 13.7. The summed E-state index contributed by atoms with van der Waals surface area (Å²) in [6, 6.07) is -1.78. The smallest absolute Gasteiger partial charge is 0.407 e. The third-order valence-electron chi connectivity index (χ3n) is 3.57. The summed E-state index contributed by atoms with van der Waals surface area (Å²) in [5.74, 6) is -2.00. The summed E-state index contributed by atoms with van der Waals surface area (Å²) in [6.45, 7) is 17.2. The highest BCUT2D eigenvalue weighted by Crippen LogP contribution is 2.32. The Morgan fingerprint density at radius 3 is 1.66 bits per heavy atom. The zero-order valence-corrected chi connectivity index (χ0v) is 20.6. The number of nitrogens with one attached hydrogen (secondary N) is 1. The molecule has 2 unspecified atom stereocenters. The van der Waals surface area contributed by atoms with Crippen molar-refractivity contribution in [3.63, 3.8) is 0 Å². The lowest BCUT2D eigenvalue weighted by Crippen LogP contribution is -2.53. The fourth-order valence-corrected chi connectivity index (χ4v) is 5.45. The molecule has 0 fully saturated rings. The van der Waals surface area contributed by atoms with Crippen LogP contribution in [0, 0.1) is 0 Å². The third-order valence-corrected chi connectivity index (χ3v) is 6.22. The van der Waals surface area contributed by atoms with Gasteiger partial charge in [0.05, 0.1) is 6.61 Å². The number of aliphatic carboxylic acids is 2. The lowest BCUT2D eigenvalue weighted by atomic mass is 10.0. The topological polar surface area (TPSA) is 139 Å². The number of carbonyl (C=O) groups excluding carboxylic acids is 1. The highest BCUT2D eigenvalue weighted by Gasteiger charge is 2.38. The highest BCUT2D eigenvalue weighted by atomic mass is 32.2. The molecule has 0 aromatic carbocycles. The number of hydrogen-bond donors (Lipinski definition) is 4. The van der Waals surface area contributed by atoms with E-state index in [1.807, 2.05) is 41.5 Å². The quantitative estimate of drug-likeness (QED) is 0.391. The first-order valence-corrected chi connectivity index (χ1v) is 11.2. The Balaban J connectivity index is 0. The van der Waals surface area contributed by atoms with Gasteiger partial charge in [-0.05, 0) is 45.1 Å². The van der Waals surface area contributed by atoms with Gasteiger partial charge in [-0.1, -0.05) is 27.7 Å². The van der Waals surface area contributed by atoms with Crippen LogP contribution < -0.4 is 11.1 Å². The molecule has 0 radical (unpaired) electrons. The van der Waals surface area contributed by atoms with Crippen molar-refractivity contribution in [1.82, 2.24) is 5.32 Å². The van der Waals surface area contributed by atoms with Crippen LogP contribution in [0.3, 0.4) is 0 Å². The Hall–Kier alpha value is -1.13. The third kappa shape index (κ3) is 12.9. The van der Waals surface area contributed by atoms with E-state index in [9.17, 15) is 14.4 Å². The molecular weight excluding hydrogens is 416 g/mol. The van der Waals surface area contributed by atoms with Crippen LogP contribution in [0.2, 0.25) is 0 Å². The highest BCUT2D eigenvalue weighted by molar-refractivity contribution is 8.01. The predicted octanol–water partition coefficient (Wildman–Crippen LogP) is 3.42. The lowest BCUT2D eigenvalue weighted by Gasteiger charge is -2.32. The molecule has 2 atom stereocenters. The zero-order valence-electron chi connectivity index (χ0n) is 18.9. The normalized spacial score (nSPS) is 13.9. The average Bonchev–Trinajstić information content (AvgIpc) is 2.49. The van der Waals surface area contributed by atoms with E-state index in [0.717, 1.165) is 0 Å². The molecule has 0 aliphatic rings. The molecule has 5 N–H and O–H groups in total. The van der Waals surface area contributed by atoms with Gasteiger partial charge in [0.25, 0.3) is 0 Å². The second kappa shape index (κ2) is 13.2. The number of ether oxygens (including phenoxy) is 1. The SMILES string of the molecule is CC(C)SC(C)(C)C(N)C(=O)O.CCOC(=O)NC(C(=O)O)C(C)(C)SC(C)C. The van der Waals surface area contributed by atoms with Crippen LogP contribution in [0.25, 0.3) is 0 Å². The number of carboxylic acids is 2. The monoisotopic (exact) mass is 454 g/mol. The summed E-state index contributed by atoms with van der Waals surface area (Å²) in [6.07, 6.45) is -0.697. The molecule has 0 saturated heterocycles. The van der Waals surface area contributed by atoms with Gasteiger partial charge in [-0.15, -0.1) is 0 Å². The van der Waals surface area contributed by atoms with Gasteiger partial charge in [-0.25, -0.2) is 9.59 Å². The van der Waals surface area contributed by atoms with Crippen LogP contribution in [-0.2, 0) is 14.3 Å². The van der Waals surface area contributed by atoms with Gasteiger partial charge in [0.1, 0.15) is 12.1 Å². The minimum absolute atomic E-state index is 0.218. The van der Waals surface area contributed by atoms with E-state index in [4.69, 9.17) is 20.7 Å². The van der Waals surface area contributed by atoms with E-state index >= 15 is 0 Å². The van der Waals surface area contributed by atoms with Gasteiger partial charge in [0.15, 0.2) is 0 Å². The second-order valence-corrected chi connectivity index (χ2v) is 12.5. The summed E-state index contributed by atoms with van der Waals surface area (Å²) in [4.78, 5) is 33.1. The Morgan fingerprint density at radius 2 is 1.34 bits per heavy atom. The van der Waals surface area contributed by atoms with Crippen molar-refractivity contribution >= 4 is 41.6 Å². The van der Waals surface area contributed by atoms with Crippen molar-refractivity contribution < 1.29 is 29.3 Å². The van der Waals surface area contributed by atoms with E-state index in [0.29, 0.717) is 5.25 Å². The van der Waals surface area contributed by atoms with Gasteiger partial charge in [-0.3, -0.25) is 4.79 Å². The minimum Gasteiger partial charge on any atom is -0.480 e. The maximum atomic E-state index is 11.3. The van der Waals surface area contributed by atoms with Crippen LogP contribution in [0.15, 0.2) is 0 Å². The lowest BCUT2D eigenvalue weighted by molar-refractivity contribution is -0.140. The number of thioether (sulfide) groups is 2. The number of nitrogens with two attached hydrogens (primary N) is 1. The van der Waals surface area contributed by atoms with Crippen molar-refractivity contribution in [3.8, 4) is 0 Å². The number of hydrogen-bond acceptors (Lipinski definition) is 7. The molecule has 8 nitrogen and oxygen atoms in total. The van der Waals surface area contributed by atoms with Gasteiger partial charge in [-0.2, -0.15) is 23.5 Å². The van der Waals surface area contributed by atoms with Gasteiger partial charge < -0.3 is 26.0 Å². The number of carboxylic acid groups (broad SMARTS) is 2. The molecule has 10 heteroatoms. The predicted molar refractivity (Wildman–Crippen MR) is 121 cm³/mol. The molecule has 29 heavy (non-hydrogen) atoms. The molecule has 0 rings (SSSR count). The molecule has 0 heterocycles. The Bertz CT molecular complexity index is 539. The summed E-state index contributed by atoms with van der Waals surface area (Å²) in [7, 11) is 0. The summed E-state index contributed by atoms with van der Waals surface area (Å²) in [5.41, 5.74) is 5.52. The van der Waals surface area contributed by atoms with Crippen LogP contribution in [0.5, 0.6) is 0 Å². The molecule has 0 spiro atoms. The van der Waals surface area contributed by atoms with Crippen LogP contribution in [-0.4, -0.2) is 66.9 Å².